The highest BCUT2D eigenvalue weighted by molar-refractivity contribution is 9.09. The monoisotopic (exact) mass is 302 g/mol. The number of hydrogen-bond donors (Lipinski definition) is 1. The average Bonchev–Trinajstić information content (AvgIpc) is 2.54. The van der Waals surface area contributed by atoms with Crippen LogP contribution in [0.3, 0.4) is 0 Å². The van der Waals surface area contributed by atoms with E-state index in [1.165, 1.54) is 4.90 Å². The summed E-state index contributed by atoms with van der Waals surface area (Å²) < 4.78 is 0. The number of nitrogens with zero attached hydrogens (tertiary/aromatic N) is 1. The molecule has 3 amide bonds. The van der Waals surface area contributed by atoms with Crippen LogP contribution in [0, 0.1) is 5.92 Å². The summed E-state index contributed by atoms with van der Waals surface area (Å²) in [6, 6.07) is -0.204. The van der Waals surface area contributed by atoms with Gasteiger partial charge in [-0.1, -0.05) is 35.7 Å². The standard InChI is InChI=1S/C12H19BrN2O2/c1-9-5-2-3-6-12(9)10(16)15(8-4-7-13)11(17)14-12/h9H,2-8H2,1H3,(H,14,17). The van der Waals surface area contributed by atoms with Gasteiger partial charge in [-0.25, -0.2) is 4.79 Å². The number of imide groups is 1. The Morgan fingerprint density at radius 3 is 2.88 bits per heavy atom. The summed E-state index contributed by atoms with van der Waals surface area (Å²) in [7, 11) is 0. The van der Waals surface area contributed by atoms with Crippen molar-refractivity contribution in [2.75, 3.05) is 11.9 Å². The summed E-state index contributed by atoms with van der Waals surface area (Å²) in [5.74, 6) is 0.248. The first-order chi connectivity index (χ1) is 8.12. The van der Waals surface area contributed by atoms with Crippen LogP contribution in [0.5, 0.6) is 0 Å². The van der Waals surface area contributed by atoms with E-state index in [1.54, 1.807) is 0 Å². The number of halogens is 1. The Hall–Kier alpha value is -0.580. The van der Waals surface area contributed by atoms with Gasteiger partial charge in [-0.05, 0) is 25.2 Å². The maximum absolute atomic E-state index is 12.4. The van der Waals surface area contributed by atoms with Gasteiger partial charge in [0, 0.05) is 11.9 Å². The first-order valence-electron chi connectivity index (χ1n) is 6.32. The van der Waals surface area contributed by atoms with Crippen molar-refractivity contribution in [2.45, 2.75) is 44.6 Å². The summed E-state index contributed by atoms with van der Waals surface area (Å²) in [4.78, 5) is 25.7. The van der Waals surface area contributed by atoms with Crippen molar-refractivity contribution in [3.05, 3.63) is 0 Å². The van der Waals surface area contributed by atoms with Crippen LogP contribution in [0.15, 0.2) is 0 Å². The predicted octanol–water partition coefficient (Wildman–Crippen LogP) is 2.27. The van der Waals surface area contributed by atoms with Crippen LogP contribution in [0.2, 0.25) is 0 Å². The van der Waals surface area contributed by atoms with Gasteiger partial charge in [0.1, 0.15) is 5.54 Å². The molecular weight excluding hydrogens is 284 g/mol. The number of amides is 3. The van der Waals surface area contributed by atoms with Crippen molar-refractivity contribution in [1.82, 2.24) is 10.2 Å². The van der Waals surface area contributed by atoms with Crippen LogP contribution in [0.25, 0.3) is 0 Å². The minimum Gasteiger partial charge on any atom is -0.323 e. The Morgan fingerprint density at radius 2 is 2.24 bits per heavy atom. The number of alkyl halides is 1. The third-order valence-corrected chi connectivity index (χ3v) is 4.58. The van der Waals surface area contributed by atoms with Gasteiger partial charge in [-0.15, -0.1) is 0 Å². The van der Waals surface area contributed by atoms with E-state index in [0.29, 0.717) is 6.54 Å². The molecule has 1 saturated heterocycles. The lowest BCUT2D eigenvalue weighted by molar-refractivity contribution is -0.134. The molecule has 17 heavy (non-hydrogen) atoms. The van der Waals surface area contributed by atoms with Crippen molar-refractivity contribution in [3.8, 4) is 0 Å². The zero-order valence-electron chi connectivity index (χ0n) is 10.2. The van der Waals surface area contributed by atoms with Gasteiger partial charge in [-0.3, -0.25) is 9.69 Å². The third-order valence-electron chi connectivity index (χ3n) is 4.02. The Bertz CT molecular complexity index is 334. The van der Waals surface area contributed by atoms with Crippen molar-refractivity contribution in [1.29, 1.82) is 0 Å². The fourth-order valence-electron chi connectivity index (χ4n) is 2.92. The lowest BCUT2D eigenvalue weighted by atomic mass is 9.73. The maximum atomic E-state index is 12.4. The third kappa shape index (κ3) is 2.09. The Morgan fingerprint density at radius 1 is 1.47 bits per heavy atom. The Labute approximate surface area is 110 Å². The molecule has 2 rings (SSSR count). The summed E-state index contributed by atoms with van der Waals surface area (Å²) in [6.45, 7) is 2.59. The zero-order chi connectivity index (χ0) is 12.5. The summed E-state index contributed by atoms with van der Waals surface area (Å²) >= 11 is 3.33. The van der Waals surface area contributed by atoms with E-state index in [2.05, 4.69) is 28.2 Å². The molecule has 1 N–H and O–H groups in total. The molecule has 2 aliphatic rings. The quantitative estimate of drug-likeness (QED) is 0.642. The number of nitrogens with one attached hydrogen (secondary N) is 1. The van der Waals surface area contributed by atoms with Crippen molar-refractivity contribution in [3.63, 3.8) is 0 Å². The van der Waals surface area contributed by atoms with Crippen LogP contribution < -0.4 is 5.32 Å². The van der Waals surface area contributed by atoms with E-state index in [-0.39, 0.29) is 17.9 Å². The van der Waals surface area contributed by atoms with E-state index < -0.39 is 5.54 Å². The molecular formula is C12H19BrN2O2. The zero-order valence-corrected chi connectivity index (χ0v) is 11.8. The second-order valence-corrected chi connectivity index (χ2v) is 5.84. The molecule has 96 valence electrons. The van der Waals surface area contributed by atoms with Gasteiger partial charge in [0.15, 0.2) is 0 Å². The molecule has 2 atom stereocenters. The number of rotatable bonds is 3. The fraction of sp³-hybridized carbons (Fsp3) is 0.833. The SMILES string of the molecule is CC1CCCCC12NC(=O)N(CCCBr)C2=O. The highest BCUT2D eigenvalue weighted by atomic mass is 79.9. The highest BCUT2D eigenvalue weighted by Gasteiger charge is 2.54. The van der Waals surface area contributed by atoms with E-state index >= 15 is 0 Å². The molecule has 0 aromatic rings. The highest BCUT2D eigenvalue weighted by Crippen LogP contribution is 2.38. The molecule has 1 aliphatic heterocycles. The van der Waals surface area contributed by atoms with Crippen LogP contribution in [0.1, 0.15) is 39.0 Å². The topological polar surface area (TPSA) is 49.4 Å². The summed E-state index contributed by atoms with van der Waals surface area (Å²) in [6.07, 6.45) is 4.82. The molecule has 1 spiro atoms. The molecule has 0 bridgehead atoms. The first kappa shape index (κ1) is 12.9. The Kier molecular flexibility index (Phi) is 3.76. The largest absolute Gasteiger partial charge is 0.325 e. The van der Waals surface area contributed by atoms with Crippen LogP contribution >= 0.6 is 15.9 Å². The van der Waals surface area contributed by atoms with Crippen LogP contribution in [0.4, 0.5) is 4.79 Å². The molecule has 1 aliphatic carbocycles. The summed E-state index contributed by atoms with van der Waals surface area (Å²) in [5, 5.41) is 3.76. The van der Waals surface area contributed by atoms with E-state index in [1.807, 2.05) is 0 Å². The normalized spacial score (nSPS) is 33.3. The average molecular weight is 303 g/mol. The van der Waals surface area contributed by atoms with Gasteiger partial charge in [0.2, 0.25) is 0 Å². The van der Waals surface area contributed by atoms with Crippen molar-refractivity contribution < 1.29 is 9.59 Å². The first-order valence-corrected chi connectivity index (χ1v) is 7.44. The molecule has 2 fully saturated rings. The number of carbonyl (C=O) groups is 2. The predicted molar refractivity (Wildman–Crippen MR) is 69.0 cm³/mol. The summed E-state index contributed by atoms with van der Waals surface area (Å²) in [5.41, 5.74) is -0.596. The van der Waals surface area contributed by atoms with Crippen molar-refractivity contribution in [2.24, 2.45) is 5.92 Å². The molecule has 0 radical (unpaired) electrons. The lowest BCUT2D eigenvalue weighted by Crippen LogP contribution is -2.53. The van der Waals surface area contributed by atoms with Crippen molar-refractivity contribution >= 4 is 27.9 Å². The number of urea groups is 1. The van der Waals surface area contributed by atoms with Gasteiger partial charge >= 0.3 is 6.03 Å². The van der Waals surface area contributed by atoms with Gasteiger partial charge in [0.25, 0.3) is 5.91 Å². The second kappa shape index (κ2) is 4.96. The maximum Gasteiger partial charge on any atom is 0.325 e. The molecule has 2 unspecified atom stereocenters. The van der Waals surface area contributed by atoms with E-state index in [4.69, 9.17) is 0 Å². The Balaban J connectivity index is 2.16. The van der Waals surface area contributed by atoms with Gasteiger partial charge in [-0.2, -0.15) is 0 Å². The molecule has 5 heteroatoms. The molecule has 0 aromatic carbocycles. The molecule has 1 saturated carbocycles. The van der Waals surface area contributed by atoms with E-state index in [0.717, 1.165) is 37.4 Å². The number of carbonyl (C=O) groups excluding carboxylic acids is 2. The molecule has 4 nitrogen and oxygen atoms in total. The minimum atomic E-state index is -0.596. The minimum absolute atomic E-state index is 0.00403. The smallest absolute Gasteiger partial charge is 0.323 e. The van der Waals surface area contributed by atoms with Gasteiger partial charge in [0.05, 0.1) is 0 Å². The number of hydrogen-bond acceptors (Lipinski definition) is 2. The second-order valence-electron chi connectivity index (χ2n) is 5.05. The molecule has 0 aromatic heterocycles. The van der Waals surface area contributed by atoms with Crippen LogP contribution in [-0.2, 0) is 4.79 Å². The van der Waals surface area contributed by atoms with Crippen LogP contribution in [-0.4, -0.2) is 34.3 Å². The van der Waals surface area contributed by atoms with Gasteiger partial charge < -0.3 is 5.32 Å². The molecule has 1 heterocycles. The van der Waals surface area contributed by atoms with E-state index in [9.17, 15) is 9.59 Å². The lowest BCUT2D eigenvalue weighted by Gasteiger charge is -2.36. The fourth-order valence-corrected chi connectivity index (χ4v) is 3.17.